The molecular weight excluding hydrogens is 778 g/mol. The Morgan fingerprint density at radius 2 is 1.00 bits per heavy atom. The molecule has 0 spiro atoms. The topological polar surface area (TPSA) is 0 Å². The molecule has 3 heteroatoms. The maximum atomic E-state index is 3.26. The third-order valence-electron chi connectivity index (χ3n) is 8.36. The van der Waals surface area contributed by atoms with Crippen LogP contribution in [0.25, 0.3) is 21.5 Å². The molecule has 1 unspecified atom stereocenters. The first-order chi connectivity index (χ1) is 21.0. The van der Waals surface area contributed by atoms with Gasteiger partial charge in [-0.25, -0.2) is 6.08 Å². The average molecular weight is 828 g/mol. The van der Waals surface area contributed by atoms with Crippen LogP contribution >= 0.6 is 0 Å². The van der Waals surface area contributed by atoms with Crippen LogP contribution in [0.1, 0.15) is 91.5 Å². The molecule has 0 saturated heterocycles. The number of allylic oxidation sites excluding steroid dienone is 4. The van der Waals surface area contributed by atoms with Gasteiger partial charge >= 0.3 is 98.9 Å². The van der Waals surface area contributed by atoms with Crippen molar-refractivity contribution in [1.29, 1.82) is 0 Å². The summed E-state index contributed by atoms with van der Waals surface area (Å²) in [6.07, 6.45) is 7.65. The van der Waals surface area contributed by atoms with Crippen molar-refractivity contribution in [2.75, 3.05) is 0 Å². The quantitative estimate of drug-likeness (QED) is 0.150. The molecule has 0 amide bonds. The van der Waals surface area contributed by atoms with Crippen molar-refractivity contribution in [3.63, 3.8) is 0 Å². The van der Waals surface area contributed by atoms with Crippen molar-refractivity contribution in [2.45, 2.75) is 80.1 Å². The van der Waals surface area contributed by atoms with Crippen LogP contribution in [0, 0.1) is 17.4 Å². The van der Waals surface area contributed by atoms with Crippen LogP contribution in [0.4, 0.5) is 0 Å². The zero-order valence-electron chi connectivity index (χ0n) is 29.8. The van der Waals surface area contributed by atoms with E-state index in [1.165, 1.54) is 52.6 Å². The van der Waals surface area contributed by atoms with Gasteiger partial charge in [-0.3, -0.25) is 6.08 Å². The molecule has 0 nitrogen and oxygen atoms in total. The van der Waals surface area contributed by atoms with E-state index in [4.69, 9.17) is 0 Å². The van der Waals surface area contributed by atoms with Crippen LogP contribution in [-0.4, -0.2) is 3.26 Å². The predicted octanol–water partition coefficient (Wildman–Crippen LogP) is 6.09. The molecule has 0 heterocycles. The molecule has 0 saturated carbocycles. The second-order valence-electron chi connectivity index (χ2n) is 15.3. The van der Waals surface area contributed by atoms with Gasteiger partial charge in [-0.05, 0) is 10.8 Å². The second-order valence-corrected chi connectivity index (χ2v) is 17.1. The molecule has 5 aromatic carbocycles. The fourth-order valence-corrected chi connectivity index (χ4v) is 6.58. The van der Waals surface area contributed by atoms with Crippen LogP contribution in [0.2, 0.25) is 0 Å². The van der Waals surface area contributed by atoms with Crippen LogP contribution in [-0.2, 0) is 34.7 Å². The molecule has 0 fully saturated rings. The number of hydrogen-bond donors (Lipinski definition) is 0. The van der Waals surface area contributed by atoms with E-state index in [1.54, 1.807) is 0 Å². The van der Waals surface area contributed by atoms with Gasteiger partial charge < -0.3 is 24.8 Å². The number of halogens is 2. The predicted molar refractivity (Wildman–Crippen MR) is 195 cm³/mol. The molecule has 1 aliphatic carbocycles. The molecule has 0 radical (unpaired) electrons. The third kappa shape index (κ3) is 11.0. The molecule has 47 heavy (non-hydrogen) atoms. The van der Waals surface area contributed by atoms with E-state index in [-0.39, 0.29) is 35.6 Å². The van der Waals surface area contributed by atoms with Crippen molar-refractivity contribution < 1.29 is 48.7 Å². The van der Waals surface area contributed by atoms with E-state index in [2.05, 4.69) is 191 Å². The van der Waals surface area contributed by atoms with Gasteiger partial charge in [0.05, 0.1) is 0 Å². The zero-order valence-corrected chi connectivity index (χ0v) is 34.9. The van der Waals surface area contributed by atoms with E-state index in [9.17, 15) is 0 Å². The van der Waals surface area contributed by atoms with Gasteiger partial charge in [0, 0.05) is 0 Å². The van der Waals surface area contributed by atoms with Gasteiger partial charge in [-0.2, -0.15) is 11.6 Å². The first-order valence-electron chi connectivity index (χ1n) is 16.2. The van der Waals surface area contributed by atoms with Crippen molar-refractivity contribution in [3.8, 4) is 0 Å². The number of fused-ring (bicyclic) bond motifs is 3. The normalized spacial score (nSPS) is 14.2. The summed E-state index contributed by atoms with van der Waals surface area (Å²) in [7, 11) is 0. The summed E-state index contributed by atoms with van der Waals surface area (Å²) in [6, 6.07) is 37.4. The molecule has 0 N–H and O–H groups in total. The number of hydrogen-bond acceptors (Lipinski definition) is 0. The van der Waals surface area contributed by atoms with Crippen molar-refractivity contribution >= 4 is 24.8 Å². The Kier molecular flexibility index (Phi) is 14.5. The monoisotopic (exact) mass is 828 g/mol. The SMILES string of the molecule is CC(C)(C)c1ccc2c(c1)[cH-]c1cc(C(C)(C)C)ccc12.CC1[C-]=CC(C(C)(C)C)=C1.[Cl-].[Cl-].[Hf+2]=[C](c1ccccc1)c1ccccc1. The molecule has 6 rings (SSSR count). The standard InChI is InChI=1S/C21H25.C13H10.C10H15.2ClH.Hf/c1-20(2,3)16-7-9-18-14(12-16)11-15-13-17(21(4,5)6)8-10-19(15)18;1-3-7-12(8-4-1)11-13-9-5-2-6-10-13;1-8-5-6-9(7-8)10(2,3)4;;;/h7-13H,1-6H3;1-10H;6-8H,1-4H3;2*1H;/q-1;;-1;;;+2/p-2. The Hall–Kier alpha value is -2.45. The van der Waals surface area contributed by atoms with Crippen LogP contribution in [0.5, 0.6) is 0 Å². The van der Waals surface area contributed by atoms with Crippen LogP contribution in [0.15, 0.2) is 121 Å². The molecule has 0 aromatic heterocycles. The van der Waals surface area contributed by atoms with Gasteiger partial charge in [0.1, 0.15) is 0 Å². The minimum absolute atomic E-state index is 0. The Morgan fingerprint density at radius 3 is 1.30 bits per heavy atom. The minimum atomic E-state index is 0. The van der Waals surface area contributed by atoms with E-state index >= 15 is 0 Å². The van der Waals surface area contributed by atoms with Gasteiger partial charge in [0.15, 0.2) is 0 Å². The maximum absolute atomic E-state index is 3.26. The van der Waals surface area contributed by atoms with E-state index in [0.29, 0.717) is 11.3 Å². The van der Waals surface area contributed by atoms with E-state index in [1.807, 2.05) is 0 Å². The Morgan fingerprint density at radius 1 is 0.596 bits per heavy atom. The molecular formula is C44H50Cl2Hf-2. The Balaban J connectivity index is 0.000000258. The number of benzene rings is 4. The summed E-state index contributed by atoms with van der Waals surface area (Å²) >= 11 is 1.08. The second kappa shape index (κ2) is 16.8. The van der Waals surface area contributed by atoms with Gasteiger partial charge in [0.25, 0.3) is 0 Å². The fourth-order valence-electron chi connectivity index (χ4n) is 5.39. The Bertz CT molecular complexity index is 1690. The molecule has 0 bridgehead atoms. The third-order valence-corrected chi connectivity index (χ3v) is 10.4. The Labute approximate surface area is 312 Å². The molecule has 246 valence electrons. The molecule has 1 atom stereocenters. The van der Waals surface area contributed by atoms with Gasteiger partial charge in [-0.15, -0.1) is 39.7 Å². The van der Waals surface area contributed by atoms with Gasteiger partial charge in [-0.1, -0.05) is 116 Å². The molecule has 5 aromatic rings. The van der Waals surface area contributed by atoms with E-state index in [0.717, 1.165) is 23.9 Å². The van der Waals surface area contributed by atoms with Crippen molar-refractivity contribution in [2.24, 2.45) is 11.3 Å². The van der Waals surface area contributed by atoms with Gasteiger partial charge in [0.2, 0.25) is 0 Å². The summed E-state index contributed by atoms with van der Waals surface area (Å²) in [5.74, 6) is 0.522. The fraction of sp³-hybridized carbons (Fsp3) is 0.318. The van der Waals surface area contributed by atoms with Crippen LogP contribution < -0.4 is 24.8 Å². The summed E-state index contributed by atoms with van der Waals surface area (Å²) in [4.78, 5) is 0. The zero-order chi connectivity index (χ0) is 33.0. The summed E-state index contributed by atoms with van der Waals surface area (Å²) in [5, 5.41) is 5.48. The van der Waals surface area contributed by atoms with Crippen molar-refractivity contribution in [1.82, 2.24) is 0 Å². The average Bonchev–Trinajstić information content (AvgIpc) is 3.60. The first kappa shape index (κ1) is 40.7. The molecule has 0 aliphatic heterocycles. The van der Waals surface area contributed by atoms with Crippen molar-refractivity contribution in [3.05, 3.63) is 149 Å². The van der Waals surface area contributed by atoms with E-state index < -0.39 is 0 Å². The molecule has 1 aliphatic rings. The first-order valence-corrected chi connectivity index (χ1v) is 18.0. The number of rotatable bonds is 2. The summed E-state index contributed by atoms with van der Waals surface area (Å²) in [6.45, 7) is 22.5. The van der Waals surface area contributed by atoms with Crippen LogP contribution in [0.3, 0.4) is 0 Å². The summed E-state index contributed by atoms with van der Waals surface area (Å²) < 4.78 is 1.46. The summed E-state index contributed by atoms with van der Waals surface area (Å²) in [5.41, 5.74) is 7.64.